The highest BCUT2D eigenvalue weighted by molar-refractivity contribution is 5.98. The maximum atomic E-state index is 11.6. The molecule has 0 radical (unpaired) electrons. The molecule has 0 fully saturated rings. The van der Waals surface area contributed by atoms with E-state index in [-0.39, 0.29) is 5.70 Å². The van der Waals surface area contributed by atoms with Gasteiger partial charge in [0.1, 0.15) is 18.1 Å². The third-order valence-electron chi connectivity index (χ3n) is 2.70. The normalized spacial score (nSPS) is 10.8. The molecule has 0 aromatic heterocycles. The summed E-state index contributed by atoms with van der Waals surface area (Å²) in [5.41, 5.74) is 0.576. The van der Waals surface area contributed by atoms with Crippen LogP contribution in [0.3, 0.4) is 0 Å². The van der Waals surface area contributed by atoms with E-state index in [4.69, 9.17) is 9.47 Å². The van der Waals surface area contributed by atoms with Crippen LogP contribution in [0.2, 0.25) is 0 Å². The number of hydrogen-bond acceptors (Lipinski definition) is 7. The van der Waals surface area contributed by atoms with Gasteiger partial charge >= 0.3 is 11.9 Å². The monoisotopic (exact) mass is 323 g/mol. The quantitative estimate of drug-likeness (QED) is 0.421. The molecule has 0 aliphatic rings. The third-order valence-corrected chi connectivity index (χ3v) is 2.70. The van der Waals surface area contributed by atoms with Crippen LogP contribution in [-0.2, 0) is 23.8 Å². The summed E-state index contributed by atoms with van der Waals surface area (Å²) in [6, 6.07) is 6.90. The minimum atomic E-state index is -0.674. The second kappa shape index (κ2) is 10.2. The smallest absolute Gasteiger partial charge is 0.354 e. The Labute approximate surface area is 135 Å². The molecule has 23 heavy (non-hydrogen) atoms. The highest BCUT2D eigenvalue weighted by atomic mass is 16.5. The predicted molar refractivity (Wildman–Crippen MR) is 84.2 cm³/mol. The van der Waals surface area contributed by atoms with Crippen LogP contribution in [-0.4, -0.2) is 46.0 Å². The van der Waals surface area contributed by atoms with E-state index in [0.29, 0.717) is 31.3 Å². The highest BCUT2D eigenvalue weighted by Crippen LogP contribution is 2.17. The van der Waals surface area contributed by atoms with Crippen molar-refractivity contribution in [2.75, 3.05) is 39.4 Å². The van der Waals surface area contributed by atoms with E-state index in [0.717, 1.165) is 6.08 Å². The van der Waals surface area contributed by atoms with Crippen LogP contribution in [0, 0.1) is 0 Å². The molecule has 0 saturated carbocycles. The summed E-state index contributed by atoms with van der Waals surface area (Å²) in [4.78, 5) is 22.9. The number of rotatable bonds is 9. The molecule has 0 unspecified atom stereocenters. The van der Waals surface area contributed by atoms with Crippen molar-refractivity contribution in [1.29, 1.82) is 0 Å². The van der Waals surface area contributed by atoms with Crippen LogP contribution in [0.1, 0.15) is 6.92 Å². The first-order valence-corrected chi connectivity index (χ1v) is 7.06. The molecule has 0 aliphatic heterocycles. The molecule has 0 aliphatic carbocycles. The average Bonchev–Trinajstić information content (AvgIpc) is 2.58. The third kappa shape index (κ3) is 6.84. The number of anilines is 1. The number of hydrogen-bond donors (Lipinski definition) is 1. The Bertz CT molecular complexity index is 538. The molecule has 0 bridgehead atoms. The summed E-state index contributed by atoms with van der Waals surface area (Å²) in [6.07, 6.45) is 1.03. The first kappa shape index (κ1) is 18.5. The largest absolute Gasteiger partial charge is 0.491 e. The van der Waals surface area contributed by atoms with Gasteiger partial charge in [-0.3, -0.25) is 0 Å². The lowest BCUT2D eigenvalue weighted by atomic mass is 10.3. The lowest BCUT2D eigenvalue weighted by molar-refractivity contribution is -0.138. The number of esters is 2. The van der Waals surface area contributed by atoms with Crippen molar-refractivity contribution in [3.8, 4) is 5.75 Å². The van der Waals surface area contributed by atoms with E-state index >= 15 is 0 Å². The van der Waals surface area contributed by atoms with Crippen LogP contribution in [0.4, 0.5) is 5.69 Å². The maximum Gasteiger partial charge on any atom is 0.354 e. The number of ether oxygens (including phenoxy) is 4. The van der Waals surface area contributed by atoms with E-state index in [1.54, 1.807) is 24.3 Å². The van der Waals surface area contributed by atoms with Gasteiger partial charge in [0.2, 0.25) is 0 Å². The number of carbonyl (C=O) groups excluding carboxylic acids is 2. The van der Waals surface area contributed by atoms with Gasteiger partial charge in [-0.2, -0.15) is 0 Å². The van der Waals surface area contributed by atoms with E-state index < -0.39 is 11.9 Å². The van der Waals surface area contributed by atoms with Gasteiger partial charge in [-0.15, -0.1) is 0 Å². The lowest BCUT2D eigenvalue weighted by Gasteiger charge is -2.10. The van der Waals surface area contributed by atoms with E-state index in [9.17, 15) is 9.59 Å². The zero-order valence-electron chi connectivity index (χ0n) is 13.5. The molecule has 0 amide bonds. The molecular weight excluding hydrogens is 302 g/mol. The van der Waals surface area contributed by atoms with E-state index in [1.807, 2.05) is 6.92 Å². The molecule has 1 N–H and O–H groups in total. The Kier molecular flexibility index (Phi) is 8.23. The first-order chi connectivity index (χ1) is 11.1. The zero-order chi connectivity index (χ0) is 17.1. The van der Waals surface area contributed by atoms with Crippen molar-refractivity contribution in [3.63, 3.8) is 0 Å². The molecule has 0 saturated heterocycles. The number of methoxy groups -OCH3 is 2. The van der Waals surface area contributed by atoms with Gasteiger partial charge in [-0.25, -0.2) is 9.59 Å². The summed E-state index contributed by atoms with van der Waals surface area (Å²) < 4.78 is 19.8. The minimum absolute atomic E-state index is 0.0237. The van der Waals surface area contributed by atoms with Crippen molar-refractivity contribution < 1.29 is 28.5 Å². The SMILES string of the molecule is CCOCCOc1ccc(N/C(=C/C(=O)OC)C(=O)OC)cc1. The summed E-state index contributed by atoms with van der Waals surface area (Å²) in [6.45, 7) is 3.54. The molecule has 1 aromatic carbocycles. The summed E-state index contributed by atoms with van der Waals surface area (Å²) >= 11 is 0. The predicted octanol–water partition coefficient (Wildman–Crippen LogP) is 1.74. The van der Waals surface area contributed by atoms with Gasteiger partial charge in [0.15, 0.2) is 0 Å². The zero-order valence-corrected chi connectivity index (χ0v) is 13.5. The van der Waals surface area contributed by atoms with Gasteiger partial charge in [0, 0.05) is 12.3 Å². The fourth-order valence-electron chi connectivity index (χ4n) is 1.59. The molecule has 1 rings (SSSR count). The van der Waals surface area contributed by atoms with Crippen molar-refractivity contribution in [2.24, 2.45) is 0 Å². The maximum absolute atomic E-state index is 11.6. The molecule has 0 atom stereocenters. The summed E-state index contributed by atoms with van der Waals surface area (Å²) in [7, 11) is 2.45. The van der Waals surface area contributed by atoms with Crippen molar-refractivity contribution in [1.82, 2.24) is 0 Å². The minimum Gasteiger partial charge on any atom is -0.491 e. The lowest BCUT2D eigenvalue weighted by Crippen LogP contribution is -2.15. The van der Waals surface area contributed by atoms with Crippen molar-refractivity contribution in [3.05, 3.63) is 36.0 Å². The Morgan fingerprint density at radius 2 is 1.78 bits per heavy atom. The average molecular weight is 323 g/mol. The number of benzene rings is 1. The Morgan fingerprint density at radius 1 is 1.09 bits per heavy atom. The molecule has 0 spiro atoms. The molecular formula is C16H21NO6. The van der Waals surface area contributed by atoms with Gasteiger partial charge in [0.05, 0.1) is 26.9 Å². The summed E-state index contributed by atoms with van der Waals surface area (Å²) in [5.74, 6) is -0.659. The highest BCUT2D eigenvalue weighted by Gasteiger charge is 2.12. The Balaban J connectivity index is 2.68. The fourth-order valence-corrected chi connectivity index (χ4v) is 1.59. The number of carbonyl (C=O) groups is 2. The van der Waals surface area contributed by atoms with Crippen molar-refractivity contribution >= 4 is 17.6 Å². The van der Waals surface area contributed by atoms with Gasteiger partial charge in [-0.05, 0) is 31.2 Å². The molecule has 0 heterocycles. The van der Waals surface area contributed by atoms with Crippen LogP contribution < -0.4 is 10.1 Å². The standard InChI is InChI=1S/C16H21NO6/c1-4-22-9-10-23-13-7-5-12(6-8-13)17-14(16(19)21-3)11-15(18)20-2/h5-8,11,17H,4,9-10H2,1-3H3/b14-11+. The van der Waals surface area contributed by atoms with Gasteiger partial charge in [0.25, 0.3) is 0 Å². The van der Waals surface area contributed by atoms with Crippen molar-refractivity contribution in [2.45, 2.75) is 6.92 Å². The molecule has 126 valence electrons. The number of nitrogens with one attached hydrogen (secondary N) is 1. The van der Waals surface area contributed by atoms with Crippen LogP contribution in [0.15, 0.2) is 36.0 Å². The van der Waals surface area contributed by atoms with Crippen LogP contribution in [0.5, 0.6) is 5.75 Å². The fraction of sp³-hybridized carbons (Fsp3) is 0.375. The van der Waals surface area contributed by atoms with Crippen LogP contribution >= 0.6 is 0 Å². The van der Waals surface area contributed by atoms with Gasteiger partial charge in [-0.1, -0.05) is 0 Å². The molecule has 7 nitrogen and oxygen atoms in total. The Morgan fingerprint density at radius 3 is 2.35 bits per heavy atom. The summed E-state index contributed by atoms with van der Waals surface area (Å²) in [5, 5.41) is 2.80. The second-order valence-corrected chi connectivity index (χ2v) is 4.27. The first-order valence-electron chi connectivity index (χ1n) is 7.06. The molecule has 7 heteroatoms. The Hall–Kier alpha value is -2.54. The second-order valence-electron chi connectivity index (χ2n) is 4.27. The molecule has 1 aromatic rings. The van der Waals surface area contributed by atoms with E-state index in [1.165, 1.54) is 14.2 Å². The van der Waals surface area contributed by atoms with Gasteiger partial charge < -0.3 is 24.3 Å². The van der Waals surface area contributed by atoms with Crippen LogP contribution in [0.25, 0.3) is 0 Å². The van der Waals surface area contributed by atoms with E-state index in [2.05, 4.69) is 14.8 Å². The topological polar surface area (TPSA) is 83.1 Å².